The number of aromatic hydroxyl groups is 1. The van der Waals surface area contributed by atoms with Crippen molar-refractivity contribution in [2.45, 2.75) is 27.2 Å². The van der Waals surface area contributed by atoms with E-state index in [4.69, 9.17) is 16.3 Å². The second kappa shape index (κ2) is 14.0. The van der Waals surface area contributed by atoms with Crippen LogP contribution in [-0.2, 0) is 6.42 Å². The Balaban J connectivity index is 1.42. The number of hydrogen-bond donors (Lipinski definition) is 2. The maximum Gasteiger partial charge on any atom is 0.271 e. The van der Waals surface area contributed by atoms with Crippen molar-refractivity contribution in [3.8, 4) is 22.6 Å². The average Bonchev–Trinajstić information content (AvgIpc) is 2.96. The Morgan fingerprint density at radius 3 is 2.46 bits per heavy atom. The zero-order valence-corrected chi connectivity index (χ0v) is 24.7. The van der Waals surface area contributed by atoms with Crippen LogP contribution in [0.3, 0.4) is 0 Å². The molecule has 0 aliphatic carbocycles. The van der Waals surface area contributed by atoms with E-state index in [0.717, 1.165) is 47.5 Å². The summed E-state index contributed by atoms with van der Waals surface area (Å²) in [5, 5.41) is 13.8. The lowest BCUT2D eigenvalue weighted by molar-refractivity contribution is 0.0955. The number of benzene rings is 4. The summed E-state index contributed by atoms with van der Waals surface area (Å²) in [6.45, 7) is 8.62. The van der Waals surface area contributed by atoms with Crippen LogP contribution < -0.4 is 10.2 Å². The summed E-state index contributed by atoms with van der Waals surface area (Å²) in [5.74, 6) is 0.324. The molecule has 0 aromatic heterocycles. The van der Waals surface area contributed by atoms with Crippen molar-refractivity contribution >= 4 is 23.7 Å². The number of rotatable bonds is 11. The minimum Gasteiger partial charge on any atom is -0.506 e. The molecule has 4 rings (SSSR count). The smallest absolute Gasteiger partial charge is 0.271 e. The molecule has 0 atom stereocenters. The number of ether oxygens (including phenoxy) is 1. The number of hydrazone groups is 1. The van der Waals surface area contributed by atoms with E-state index in [9.17, 15) is 9.90 Å². The van der Waals surface area contributed by atoms with Gasteiger partial charge in [0.2, 0.25) is 0 Å². The SMILES string of the molecule is Cc1ccc(CCN(C)CCOc2c(C)cc(/C=N\NC(=O)c3ccc(O)c(Cl)c3)cc2-c2ccccc2)cc1C. The van der Waals surface area contributed by atoms with Crippen LogP contribution in [0.15, 0.2) is 84.0 Å². The number of hydrogen-bond acceptors (Lipinski definition) is 5. The van der Waals surface area contributed by atoms with Gasteiger partial charge < -0.3 is 14.7 Å². The zero-order chi connectivity index (χ0) is 29.4. The quantitative estimate of drug-likeness (QED) is 0.151. The minimum atomic E-state index is -0.426. The first kappa shape index (κ1) is 29.8. The van der Waals surface area contributed by atoms with Crippen LogP contribution in [0, 0.1) is 20.8 Å². The molecule has 6 nitrogen and oxygen atoms in total. The van der Waals surface area contributed by atoms with Crippen LogP contribution in [0.5, 0.6) is 11.5 Å². The van der Waals surface area contributed by atoms with E-state index in [2.05, 4.69) is 66.7 Å². The van der Waals surface area contributed by atoms with Crippen LogP contribution in [0.2, 0.25) is 5.02 Å². The van der Waals surface area contributed by atoms with Crippen LogP contribution in [0.4, 0.5) is 0 Å². The molecule has 0 saturated heterocycles. The lowest BCUT2D eigenvalue weighted by Crippen LogP contribution is -2.26. The van der Waals surface area contributed by atoms with Gasteiger partial charge in [0.15, 0.2) is 0 Å². The third-order valence-electron chi connectivity index (χ3n) is 7.04. The molecule has 0 saturated carbocycles. The molecule has 0 heterocycles. The first-order chi connectivity index (χ1) is 19.7. The Morgan fingerprint density at radius 1 is 0.951 bits per heavy atom. The predicted molar refractivity (Wildman–Crippen MR) is 167 cm³/mol. The predicted octanol–water partition coefficient (Wildman–Crippen LogP) is 6.96. The highest BCUT2D eigenvalue weighted by atomic mass is 35.5. The molecule has 1 amide bonds. The summed E-state index contributed by atoms with van der Waals surface area (Å²) in [6, 6.07) is 25.0. The summed E-state index contributed by atoms with van der Waals surface area (Å²) in [6.07, 6.45) is 2.60. The number of carbonyl (C=O) groups excluding carboxylic acids is 1. The molecule has 0 spiro atoms. The topological polar surface area (TPSA) is 74.2 Å². The molecule has 0 unspecified atom stereocenters. The van der Waals surface area contributed by atoms with Gasteiger partial charge in [-0.25, -0.2) is 5.43 Å². The van der Waals surface area contributed by atoms with Crippen molar-refractivity contribution in [2.75, 3.05) is 26.7 Å². The summed E-state index contributed by atoms with van der Waals surface area (Å²) in [7, 11) is 2.12. The number of halogens is 1. The number of phenols is 1. The van der Waals surface area contributed by atoms with Gasteiger partial charge in [-0.1, -0.05) is 60.1 Å². The molecule has 2 N–H and O–H groups in total. The molecule has 4 aromatic rings. The minimum absolute atomic E-state index is 0.0816. The number of carbonyl (C=O) groups is 1. The van der Waals surface area contributed by atoms with Gasteiger partial charge in [-0.15, -0.1) is 0 Å². The highest BCUT2D eigenvalue weighted by molar-refractivity contribution is 6.32. The van der Waals surface area contributed by atoms with Gasteiger partial charge >= 0.3 is 0 Å². The van der Waals surface area contributed by atoms with Gasteiger partial charge in [0.05, 0.1) is 11.2 Å². The Labute approximate surface area is 247 Å². The van der Waals surface area contributed by atoms with E-state index in [1.807, 2.05) is 37.3 Å². The monoisotopic (exact) mass is 569 g/mol. The van der Waals surface area contributed by atoms with Gasteiger partial charge in [0.25, 0.3) is 5.91 Å². The number of nitrogens with zero attached hydrogens (tertiary/aromatic N) is 2. The van der Waals surface area contributed by atoms with Crippen molar-refractivity contribution in [2.24, 2.45) is 5.10 Å². The van der Waals surface area contributed by atoms with E-state index < -0.39 is 5.91 Å². The first-order valence-corrected chi connectivity index (χ1v) is 14.0. The van der Waals surface area contributed by atoms with Gasteiger partial charge in [-0.3, -0.25) is 4.79 Å². The second-order valence-electron chi connectivity index (χ2n) is 10.3. The highest BCUT2D eigenvalue weighted by Gasteiger charge is 2.13. The molecule has 0 radical (unpaired) electrons. The number of aryl methyl sites for hydroxylation is 3. The van der Waals surface area contributed by atoms with E-state index in [0.29, 0.717) is 12.2 Å². The molecular formula is C34H36ClN3O3. The van der Waals surface area contributed by atoms with Crippen molar-refractivity contribution < 1.29 is 14.6 Å². The summed E-state index contributed by atoms with van der Waals surface area (Å²) in [4.78, 5) is 14.7. The fourth-order valence-corrected chi connectivity index (χ4v) is 4.65. The van der Waals surface area contributed by atoms with Crippen LogP contribution in [-0.4, -0.2) is 48.9 Å². The number of amides is 1. The van der Waals surface area contributed by atoms with Crippen molar-refractivity contribution in [3.05, 3.63) is 117 Å². The molecule has 0 aliphatic heterocycles. The highest BCUT2D eigenvalue weighted by Crippen LogP contribution is 2.34. The maximum absolute atomic E-state index is 12.4. The third kappa shape index (κ3) is 8.19. The van der Waals surface area contributed by atoms with Crippen molar-refractivity contribution in [1.82, 2.24) is 10.3 Å². The normalized spacial score (nSPS) is 11.3. The Hall–Kier alpha value is -4.13. The molecule has 4 aromatic carbocycles. The molecule has 212 valence electrons. The number of phenolic OH excluding ortho intramolecular Hbond substituents is 1. The summed E-state index contributed by atoms with van der Waals surface area (Å²) in [5.41, 5.74) is 10.6. The second-order valence-corrected chi connectivity index (χ2v) is 10.7. The van der Waals surface area contributed by atoms with E-state index in [1.165, 1.54) is 34.9 Å². The molecule has 0 fully saturated rings. The lowest BCUT2D eigenvalue weighted by Gasteiger charge is -2.20. The summed E-state index contributed by atoms with van der Waals surface area (Å²) >= 11 is 5.92. The van der Waals surface area contributed by atoms with Crippen LogP contribution in [0.25, 0.3) is 11.1 Å². The van der Waals surface area contributed by atoms with E-state index >= 15 is 0 Å². The third-order valence-corrected chi connectivity index (χ3v) is 7.35. The molecule has 7 heteroatoms. The van der Waals surface area contributed by atoms with Gasteiger partial charge in [-0.05, 0) is 98.0 Å². The maximum atomic E-state index is 12.4. The fraction of sp³-hybridized carbons (Fsp3) is 0.235. The van der Waals surface area contributed by atoms with Gasteiger partial charge in [-0.2, -0.15) is 5.10 Å². The molecular weight excluding hydrogens is 534 g/mol. The van der Waals surface area contributed by atoms with Crippen molar-refractivity contribution in [3.63, 3.8) is 0 Å². The number of likely N-dealkylation sites (N-methyl/N-ethyl adjacent to an activating group) is 1. The summed E-state index contributed by atoms with van der Waals surface area (Å²) < 4.78 is 6.37. The van der Waals surface area contributed by atoms with E-state index in [-0.39, 0.29) is 10.8 Å². The van der Waals surface area contributed by atoms with Crippen LogP contribution in [0.1, 0.15) is 38.2 Å². The van der Waals surface area contributed by atoms with Crippen molar-refractivity contribution in [1.29, 1.82) is 0 Å². The molecule has 0 bridgehead atoms. The Morgan fingerprint density at radius 2 is 1.73 bits per heavy atom. The lowest BCUT2D eigenvalue weighted by atomic mass is 9.99. The van der Waals surface area contributed by atoms with E-state index in [1.54, 1.807) is 6.21 Å². The largest absolute Gasteiger partial charge is 0.506 e. The van der Waals surface area contributed by atoms with Gasteiger partial charge in [0, 0.05) is 24.2 Å². The van der Waals surface area contributed by atoms with Crippen LogP contribution >= 0.6 is 11.6 Å². The average molecular weight is 570 g/mol. The number of nitrogens with one attached hydrogen (secondary N) is 1. The van der Waals surface area contributed by atoms with Gasteiger partial charge in [0.1, 0.15) is 18.1 Å². The zero-order valence-electron chi connectivity index (χ0n) is 23.9. The Bertz CT molecular complexity index is 1540. The molecule has 0 aliphatic rings. The molecule has 41 heavy (non-hydrogen) atoms. The fourth-order valence-electron chi connectivity index (χ4n) is 4.47. The Kier molecular flexibility index (Phi) is 10.2. The first-order valence-electron chi connectivity index (χ1n) is 13.6. The standard InChI is InChI=1S/C34H36ClN3O3/c1-23-10-11-26(18-24(23)2)14-15-38(4)16-17-41-33-25(3)19-27(20-30(33)28-8-6-5-7-9-28)22-36-37-34(40)29-12-13-32(39)31(35)21-29/h5-13,18-22,39H,14-17H2,1-4H3,(H,37,40)/b36-22-.